The van der Waals surface area contributed by atoms with Gasteiger partial charge >= 0.3 is 6.18 Å². The molecule has 2 heterocycles. The maximum absolute atomic E-state index is 12.8. The molecule has 0 amide bonds. The molecule has 0 aliphatic rings. The van der Waals surface area contributed by atoms with E-state index in [4.69, 9.17) is 0 Å². The zero-order valence-electron chi connectivity index (χ0n) is 15.4. The van der Waals surface area contributed by atoms with Gasteiger partial charge in [0.1, 0.15) is 5.82 Å². The summed E-state index contributed by atoms with van der Waals surface area (Å²) in [6.45, 7) is 3.27. The molecule has 9 heteroatoms. The topological polar surface area (TPSA) is 66.6 Å². The minimum Gasteiger partial charge on any atom is -0.357 e. The lowest BCUT2D eigenvalue weighted by atomic mass is 10.1. The largest absolute Gasteiger partial charge is 0.416 e. The predicted molar refractivity (Wildman–Crippen MR) is 101 cm³/mol. The highest BCUT2D eigenvalue weighted by atomic mass is 19.4. The Morgan fingerprint density at radius 2 is 1.96 bits per heavy atom. The summed E-state index contributed by atoms with van der Waals surface area (Å²) in [4.78, 5) is 4.37. The Hall–Kier alpha value is -3.10. The van der Waals surface area contributed by atoms with Gasteiger partial charge in [-0.2, -0.15) is 13.2 Å². The van der Waals surface area contributed by atoms with Crippen LogP contribution in [0.5, 0.6) is 0 Å². The molecule has 0 atom stereocenters. The van der Waals surface area contributed by atoms with Crippen LogP contribution in [-0.4, -0.2) is 33.6 Å². The van der Waals surface area contributed by atoms with Gasteiger partial charge < -0.3 is 10.6 Å². The second kappa shape index (κ2) is 8.73. The summed E-state index contributed by atoms with van der Waals surface area (Å²) in [6.07, 6.45) is -1.83. The smallest absolute Gasteiger partial charge is 0.357 e. The van der Waals surface area contributed by atoms with E-state index in [1.165, 1.54) is 6.07 Å². The number of halogens is 3. The SMILES string of the molecule is CCNC(=NCc1cccc(C(F)(F)F)c1)NCCc1nnc2ccccn12. The minimum absolute atomic E-state index is 0.146. The number of aliphatic imine (C=N–C) groups is 1. The highest BCUT2D eigenvalue weighted by Gasteiger charge is 2.30. The van der Waals surface area contributed by atoms with Gasteiger partial charge in [-0.25, -0.2) is 4.99 Å². The molecule has 2 aromatic heterocycles. The van der Waals surface area contributed by atoms with Crippen LogP contribution in [-0.2, 0) is 19.1 Å². The molecule has 148 valence electrons. The third kappa shape index (κ3) is 4.99. The molecule has 0 saturated carbocycles. The molecule has 1 aromatic carbocycles. The summed E-state index contributed by atoms with van der Waals surface area (Å²) in [5, 5.41) is 14.5. The molecular formula is C19H21F3N6. The van der Waals surface area contributed by atoms with Crippen LogP contribution in [0.25, 0.3) is 5.65 Å². The number of nitrogens with zero attached hydrogens (tertiary/aromatic N) is 4. The number of pyridine rings is 1. The minimum atomic E-state index is -4.36. The molecule has 3 rings (SSSR count). The zero-order chi connectivity index (χ0) is 20.0. The van der Waals surface area contributed by atoms with Gasteiger partial charge in [0.05, 0.1) is 12.1 Å². The molecule has 0 aliphatic heterocycles. The van der Waals surface area contributed by atoms with E-state index in [0.29, 0.717) is 31.0 Å². The lowest BCUT2D eigenvalue weighted by Crippen LogP contribution is -2.38. The first kappa shape index (κ1) is 19.7. The van der Waals surface area contributed by atoms with Gasteiger partial charge in [0.25, 0.3) is 0 Å². The number of rotatable bonds is 6. The first-order chi connectivity index (χ1) is 13.5. The third-order valence-electron chi connectivity index (χ3n) is 4.04. The fourth-order valence-corrected chi connectivity index (χ4v) is 2.71. The summed E-state index contributed by atoms with van der Waals surface area (Å²) in [7, 11) is 0. The lowest BCUT2D eigenvalue weighted by molar-refractivity contribution is -0.137. The second-order valence-corrected chi connectivity index (χ2v) is 6.12. The van der Waals surface area contributed by atoms with Crippen molar-refractivity contribution in [1.29, 1.82) is 0 Å². The summed E-state index contributed by atoms with van der Waals surface area (Å²) < 4.78 is 40.4. The van der Waals surface area contributed by atoms with Gasteiger partial charge in [-0.15, -0.1) is 10.2 Å². The predicted octanol–water partition coefficient (Wildman–Crippen LogP) is 3.05. The number of hydrogen-bond donors (Lipinski definition) is 2. The van der Waals surface area contributed by atoms with Crippen LogP contribution >= 0.6 is 0 Å². The summed E-state index contributed by atoms with van der Waals surface area (Å²) >= 11 is 0. The van der Waals surface area contributed by atoms with Crippen LogP contribution in [0.4, 0.5) is 13.2 Å². The van der Waals surface area contributed by atoms with E-state index in [2.05, 4.69) is 25.8 Å². The monoisotopic (exact) mass is 390 g/mol. The fourth-order valence-electron chi connectivity index (χ4n) is 2.71. The van der Waals surface area contributed by atoms with Crippen LogP contribution < -0.4 is 10.6 Å². The zero-order valence-corrected chi connectivity index (χ0v) is 15.4. The quantitative estimate of drug-likeness (QED) is 0.502. The van der Waals surface area contributed by atoms with E-state index in [-0.39, 0.29) is 6.54 Å². The van der Waals surface area contributed by atoms with Crippen LogP contribution in [0.1, 0.15) is 23.9 Å². The van der Waals surface area contributed by atoms with Crippen LogP contribution in [0.3, 0.4) is 0 Å². The molecule has 3 aromatic rings. The highest BCUT2D eigenvalue weighted by Crippen LogP contribution is 2.29. The van der Waals surface area contributed by atoms with Gasteiger partial charge in [0.2, 0.25) is 0 Å². The molecule has 0 fully saturated rings. The lowest BCUT2D eigenvalue weighted by Gasteiger charge is -2.11. The van der Waals surface area contributed by atoms with Crippen molar-refractivity contribution in [3.63, 3.8) is 0 Å². The number of benzene rings is 1. The Kier molecular flexibility index (Phi) is 6.13. The van der Waals surface area contributed by atoms with Crippen molar-refractivity contribution < 1.29 is 13.2 Å². The number of aromatic nitrogens is 3. The standard InChI is InChI=1S/C19H21F3N6/c1-2-23-18(25-13-14-6-5-7-15(12-14)19(20,21)22)24-10-9-17-27-26-16-8-3-4-11-28(16)17/h3-8,11-12H,2,9-10,13H2,1H3,(H2,23,24,25). The summed E-state index contributed by atoms with van der Waals surface area (Å²) in [5.41, 5.74) is 0.606. The fraction of sp³-hybridized carbons (Fsp3) is 0.316. The number of alkyl halides is 3. The Bertz CT molecular complexity index is 948. The van der Waals surface area contributed by atoms with Crippen molar-refractivity contribution >= 4 is 11.6 Å². The third-order valence-corrected chi connectivity index (χ3v) is 4.04. The summed E-state index contributed by atoms with van der Waals surface area (Å²) in [5.74, 6) is 1.35. The van der Waals surface area contributed by atoms with Crippen molar-refractivity contribution in [2.75, 3.05) is 13.1 Å². The van der Waals surface area contributed by atoms with Gasteiger partial charge in [0.15, 0.2) is 11.6 Å². The molecule has 6 nitrogen and oxygen atoms in total. The molecule has 0 saturated heterocycles. The van der Waals surface area contributed by atoms with E-state index in [0.717, 1.165) is 23.6 Å². The number of fused-ring (bicyclic) bond motifs is 1. The normalized spacial score (nSPS) is 12.4. The van der Waals surface area contributed by atoms with Crippen LogP contribution in [0.2, 0.25) is 0 Å². The Balaban J connectivity index is 1.61. The van der Waals surface area contributed by atoms with Crippen molar-refractivity contribution in [3.8, 4) is 0 Å². The average Bonchev–Trinajstić information content (AvgIpc) is 3.09. The summed E-state index contributed by atoms with van der Waals surface area (Å²) in [6, 6.07) is 10.9. The highest BCUT2D eigenvalue weighted by molar-refractivity contribution is 5.79. The van der Waals surface area contributed by atoms with Crippen molar-refractivity contribution in [1.82, 2.24) is 25.2 Å². The van der Waals surface area contributed by atoms with E-state index in [9.17, 15) is 13.2 Å². The maximum atomic E-state index is 12.8. The van der Waals surface area contributed by atoms with E-state index >= 15 is 0 Å². The van der Waals surface area contributed by atoms with E-state index in [1.807, 2.05) is 35.7 Å². The van der Waals surface area contributed by atoms with Crippen molar-refractivity contribution in [3.05, 3.63) is 65.6 Å². The molecule has 0 aliphatic carbocycles. The number of guanidine groups is 1. The second-order valence-electron chi connectivity index (χ2n) is 6.12. The molecule has 0 bridgehead atoms. The maximum Gasteiger partial charge on any atom is 0.416 e. The van der Waals surface area contributed by atoms with Crippen molar-refractivity contribution in [2.45, 2.75) is 26.1 Å². The van der Waals surface area contributed by atoms with Gasteiger partial charge in [0, 0.05) is 25.7 Å². The Morgan fingerprint density at radius 3 is 2.75 bits per heavy atom. The van der Waals surface area contributed by atoms with Crippen molar-refractivity contribution in [2.24, 2.45) is 4.99 Å². The van der Waals surface area contributed by atoms with Gasteiger partial charge in [-0.1, -0.05) is 18.2 Å². The van der Waals surface area contributed by atoms with Gasteiger partial charge in [-0.05, 0) is 36.8 Å². The number of nitrogens with one attached hydrogen (secondary N) is 2. The molecule has 0 radical (unpaired) electrons. The van der Waals surface area contributed by atoms with Crippen LogP contribution in [0.15, 0.2) is 53.7 Å². The van der Waals surface area contributed by atoms with E-state index < -0.39 is 11.7 Å². The molecule has 0 unspecified atom stereocenters. The Morgan fingerprint density at radius 1 is 1.11 bits per heavy atom. The first-order valence-electron chi connectivity index (χ1n) is 8.94. The first-order valence-corrected chi connectivity index (χ1v) is 8.94. The molecule has 2 N–H and O–H groups in total. The average molecular weight is 390 g/mol. The number of hydrogen-bond acceptors (Lipinski definition) is 3. The molecule has 28 heavy (non-hydrogen) atoms. The Labute approximate surface area is 160 Å². The molecular weight excluding hydrogens is 369 g/mol. The van der Waals surface area contributed by atoms with E-state index in [1.54, 1.807) is 6.07 Å². The molecule has 0 spiro atoms. The van der Waals surface area contributed by atoms with Gasteiger partial charge in [-0.3, -0.25) is 4.40 Å². The van der Waals surface area contributed by atoms with Crippen LogP contribution in [0, 0.1) is 0 Å².